The predicted octanol–water partition coefficient (Wildman–Crippen LogP) is 4.40. The van der Waals surface area contributed by atoms with Gasteiger partial charge in [0.2, 0.25) is 0 Å². The van der Waals surface area contributed by atoms with Crippen LogP contribution in [0.4, 0.5) is 0 Å². The normalized spacial score (nSPS) is 25.1. The highest BCUT2D eigenvalue weighted by Crippen LogP contribution is 2.35. The van der Waals surface area contributed by atoms with Crippen LogP contribution in [0.1, 0.15) is 33.2 Å². The molecule has 5 rings (SSSR count). The zero-order valence-corrected chi connectivity index (χ0v) is 20.8. The Hall–Kier alpha value is -3.72. The molecule has 0 aliphatic carbocycles. The van der Waals surface area contributed by atoms with Crippen LogP contribution in [0.25, 0.3) is 11.1 Å². The third kappa shape index (κ3) is 4.96. The van der Waals surface area contributed by atoms with Gasteiger partial charge in [0.05, 0.1) is 30.9 Å². The van der Waals surface area contributed by atoms with Crippen molar-refractivity contribution in [2.24, 2.45) is 0 Å². The minimum Gasteiger partial charge on any atom is -0.497 e. The first-order chi connectivity index (χ1) is 18.0. The van der Waals surface area contributed by atoms with Crippen LogP contribution in [0, 0.1) is 0 Å². The highest BCUT2D eigenvalue weighted by Gasteiger charge is 2.50. The Kier molecular flexibility index (Phi) is 7.23. The van der Waals surface area contributed by atoms with Gasteiger partial charge in [-0.25, -0.2) is 9.59 Å². The molecule has 5 atom stereocenters. The lowest BCUT2D eigenvalue weighted by molar-refractivity contribution is -0.293. The first-order valence-corrected chi connectivity index (χ1v) is 12.0. The summed E-state index contributed by atoms with van der Waals surface area (Å²) in [6.45, 7) is 2.02. The van der Waals surface area contributed by atoms with Gasteiger partial charge in [-0.15, -0.1) is 0 Å². The minimum atomic E-state index is -1.06. The van der Waals surface area contributed by atoms with Gasteiger partial charge in [-0.3, -0.25) is 0 Å². The van der Waals surface area contributed by atoms with Crippen LogP contribution >= 0.6 is 0 Å². The molecule has 0 radical (unpaired) electrons. The molecule has 3 aromatic rings. The molecule has 0 bridgehead atoms. The summed E-state index contributed by atoms with van der Waals surface area (Å²) in [6.07, 6.45) is -4.27. The Balaban J connectivity index is 1.52. The summed E-state index contributed by atoms with van der Waals surface area (Å²) in [5, 5.41) is 0. The lowest BCUT2D eigenvalue weighted by Crippen LogP contribution is -2.60. The van der Waals surface area contributed by atoms with Gasteiger partial charge in [0.25, 0.3) is 0 Å². The maximum absolute atomic E-state index is 13.5. The van der Waals surface area contributed by atoms with Crippen LogP contribution in [-0.2, 0) is 30.3 Å². The fourth-order valence-corrected chi connectivity index (χ4v) is 4.73. The van der Waals surface area contributed by atoms with E-state index in [2.05, 4.69) is 0 Å². The summed E-state index contributed by atoms with van der Waals surface area (Å²) in [4.78, 5) is 27.0. The maximum Gasteiger partial charge on any atom is 0.339 e. The van der Waals surface area contributed by atoms with Crippen LogP contribution in [0.5, 0.6) is 5.75 Å². The van der Waals surface area contributed by atoms with Crippen molar-refractivity contribution in [3.63, 3.8) is 0 Å². The summed E-state index contributed by atoms with van der Waals surface area (Å²) in [7, 11) is 3.05. The Morgan fingerprint density at radius 1 is 0.730 bits per heavy atom. The van der Waals surface area contributed by atoms with Crippen molar-refractivity contribution >= 4 is 11.9 Å². The molecule has 0 amide bonds. The second kappa shape index (κ2) is 10.7. The molecular formula is C29H28O8. The molecule has 0 saturated carbocycles. The number of fused-ring (bicyclic) bond motifs is 4. The zero-order chi connectivity index (χ0) is 25.9. The summed E-state index contributed by atoms with van der Waals surface area (Å²) < 4.78 is 34.9. The summed E-state index contributed by atoms with van der Waals surface area (Å²) in [5.74, 6) is -0.402. The summed E-state index contributed by atoms with van der Waals surface area (Å²) >= 11 is 0. The van der Waals surface area contributed by atoms with Crippen LogP contribution in [0.15, 0.2) is 72.8 Å². The topological polar surface area (TPSA) is 89.5 Å². The van der Waals surface area contributed by atoms with Crippen molar-refractivity contribution in [1.82, 2.24) is 0 Å². The molecule has 37 heavy (non-hydrogen) atoms. The van der Waals surface area contributed by atoms with Crippen molar-refractivity contribution in [3.05, 3.63) is 89.5 Å². The quantitative estimate of drug-likeness (QED) is 0.473. The van der Waals surface area contributed by atoms with Gasteiger partial charge >= 0.3 is 11.9 Å². The van der Waals surface area contributed by atoms with Gasteiger partial charge in [-0.1, -0.05) is 48.5 Å². The number of hydrogen-bond donors (Lipinski definition) is 0. The highest BCUT2D eigenvalue weighted by molar-refractivity contribution is 6.03. The van der Waals surface area contributed by atoms with E-state index in [4.69, 9.17) is 28.4 Å². The van der Waals surface area contributed by atoms with Gasteiger partial charge in [0, 0.05) is 7.11 Å². The number of methoxy groups -OCH3 is 2. The molecule has 0 N–H and O–H groups in total. The second-order valence-corrected chi connectivity index (χ2v) is 8.90. The highest BCUT2D eigenvalue weighted by atomic mass is 16.7. The average molecular weight is 505 g/mol. The van der Waals surface area contributed by atoms with Crippen molar-refractivity contribution in [2.75, 3.05) is 14.2 Å². The van der Waals surface area contributed by atoms with E-state index in [1.54, 1.807) is 62.6 Å². The maximum atomic E-state index is 13.5. The van der Waals surface area contributed by atoms with E-state index in [1.807, 2.05) is 24.3 Å². The van der Waals surface area contributed by atoms with Gasteiger partial charge in [0.1, 0.15) is 11.9 Å². The fourth-order valence-electron chi connectivity index (χ4n) is 4.73. The molecule has 8 heteroatoms. The molecule has 2 heterocycles. The SMILES string of the molecule is COc1ccc(CO[C@@H]2[C@H]3OC(=O)c4ccccc4-c4ccccc4C(=O)O[C@H]3[C@H](OC)O[C@H]2C)cc1. The third-order valence-corrected chi connectivity index (χ3v) is 6.63. The van der Waals surface area contributed by atoms with Crippen LogP contribution in [-0.4, -0.2) is 56.9 Å². The Morgan fingerprint density at radius 3 is 1.81 bits per heavy atom. The predicted molar refractivity (Wildman–Crippen MR) is 133 cm³/mol. The molecule has 8 nitrogen and oxygen atoms in total. The number of ether oxygens (including phenoxy) is 6. The lowest BCUT2D eigenvalue weighted by atomic mass is 9.94. The van der Waals surface area contributed by atoms with E-state index in [-0.39, 0.29) is 6.61 Å². The number of rotatable bonds is 5. The Bertz CT molecular complexity index is 1270. The summed E-state index contributed by atoms with van der Waals surface area (Å²) in [5.41, 5.74) is 2.71. The van der Waals surface area contributed by atoms with Gasteiger partial charge in [0.15, 0.2) is 18.5 Å². The third-order valence-electron chi connectivity index (χ3n) is 6.63. The van der Waals surface area contributed by atoms with E-state index < -0.39 is 42.6 Å². The Labute approximate surface area is 215 Å². The van der Waals surface area contributed by atoms with E-state index in [9.17, 15) is 9.59 Å². The van der Waals surface area contributed by atoms with Crippen molar-refractivity contribution in [3.8, 4) is 16.9 Å². The molecule has 3 aromatic carbocycles. The first-order valence-electron chi connectivity index (χ1n) is 12.0. The second-order valence-electron chi connectivity index (χ2n) is 8.90. The van der Waals surface area contributed by atoms with Gasteiger partial charge in [-0.05, 0) is 47.9 Å². The standard InChI is InChI=1S/C29H28O8/c1-17-24(34-16-18-12-14-19(32-2)15-13-18)25-26(29(33-3)35-17)37-28(31)23-11-7-5-9-21(23)20-8-4-6-10-22(20)27(30)36-25/h4-15,17,24-26,29H,16H2,1-3H3/t17-,24-,25+,26+,29+/m0/s1. The van der Waals surface area contributed by atoms with Gasteiger partial charge < -0.3 is 28.4 Å². The van der Waals surface area contributed by atoms with Crippen LogP contribution in [0.3, 0.4) is 0 Å². The zero-order valence-electron chi connectivity index (χ0n) is 20.8. The fraction of sp³-hybridized carbons (Fsp3) is 0.310. The smallest absolute Gasteiger partial charge is 0.339 e. The first kappa shape index (κ1) is 25.0. The minimum absolute atomic E-state index is 0.216. The number of carbonyl (C=O) groups excluding carboxylic acids is 2. The monoisotopic (exact) mass is 504 g/mol. The molecule has 192 valence electrons. The van der Waals surface area contributed by atoms with E-state index >= 15 is 0 Å². The number of carbonyl (C=O) groups is 2. The molecule has 1 saturated heterocycles. The van der Waals surface area contributed by atoms with E-state index in [0.717, 1.165) is 11.3 Å². The average Bonchev–Trinajstić information content (AvgIpc) is 2.93. The molecule has 2 aliphatic heterocycles. The number of esters is 2. The number of benzene rings is 3. The molecule has 0 spiro atoms. The van der Waals surface area contributed by atoms with Crippen molar-refractivity contribution in [1.29, 1.82) is 0 Å². The lowest BCUT2D eigenvalue weighted by Gasteiger charge is -2.44. The molecule has 0 aromatic heterocycles. The number of hydrogen-bond acceptors (Lipinski definition) is 8. The molecule has 1 fully saturated rings. The van der Waals surface area contributed by atoms with Crippen LogP contribution < -0.4 is 4.74 Å². The van der Waals surface area contributed by atoms with E-state index in [0.29, 0.717) is 22.3 Å². The van der Waals surface area contributed by atoms with E-state index in [1.165, 1.54) is 7.11 Å². The Morgan fingerprint density at radius 2 is 1.27 bits per heavy atom. The molecular weight excluding hydrogens is 476 g/mol. The summed E-state index contributed by atoms with van der Waals surface area (Å²) in [6, 6.07) is 21.5. The van der Waals surface area contributed by atoms with Crippen molar-refractivity contribution in [2.45, 2.75) is 44.2 Å². The molecule has 0 unspecified atom stereocenters. The largest absolute Gasteiger partial charge is 0.497 e. The van der Waals surface area contributed by atoms with Gasteiger partial charge in [-0.2, -0.15) is 0 Å². The van der Waals surface area contributed by atoms with Crippen molar-refractivity contribution < 1.29 is 38.0 Å². The molecule has 2 aliphatic rings. The van der Waals surface area contributed by atoms with Crippen LogP contribution in [0.2, 0.25) is 0 Å².